The molecule has 170 valence electrons. The van der Waals surface area contributed by atoms with Crippen molar-refractivity contribution in [2.45, 2.75) is 25.5 Å². The summed E-state index contributed by atoms with van der Waals surface area (Å²) in [5, 5.41) is 33.7. The Morgan fingerprint density at radius 2 is 2.03 bits per heavy atom. The molecular weight excluding hydrogens is 457 g/mol. The lowest BCUT2D eigenvalue weighted by Crippen LogP contribution is -3.00. The molecule has 0 radical (unpaired) electrons. The summed E-state index contributed by atoms with van der Waals surface area (Å²) in [7, 11) is 1.56. The summed E-state index contributed by atoms with van der Waals surface area (Å²) < 4.78 is 5.18. The van der Waals surface area contributed by atoms with Crippen LogP contribution in [-0.2, 0) is 6.54 Å². The number of aromatic nitrogens is 2. The van der Waals surface area contributed by atoms with E-state index in [2.05, 4.69) is 15.1 Å². The second kappa shape index (κ2) is 10.3. The number of hydrogen-bond donors (Lipinski definition) is 2. The number of nitro groups is 1. The Balaban J connectivity index is 0.00000289. The van der Waals surface area contributed by atoms with Gasteiger partial charge in [-0.2, -0.15) is 5.10 Å². The number of hydrogen-bond acceptors (Lipinski definition) is 7. The van der Waals surface area contributed by atoms with Crippen LogP contribution in [0, 0.1) is 10.1 Å². The number of nitrogens with two attached hydrogens (primary N) is 1. The van der Waals surface area contributed by atoms with E-state index in [9.17, 15) is 15.2 Å². The van der Waals surface area contributed by atoms with Crippen LogP contribution < -0.4 is 27.4 Å². The highest BCUT2D eigenvalue weighted by molar-refractivity contribution is 6.32. The van der Waals surface area contributed by atoms with Crippen molar-refractivity contribution >= 4 is 39.6 Å². The van der Waals surface area contributed by atoms with E-state index in [1.165, 1.54) is 0 Å². The van der Waals surface area contributed by atoms with Gasteiger partial charge in [0.05, 0.1) is 40.4 Å². The number of nitro benzene ring substituents is 1. The van der Waals surface area contributed by atoms with Crippen LogP contribution in [0.5, 0.6) is 5.75 Å². The van der Waals surface area contributed by atoms with Crippen LogP contribution in [0.3, 0.4) is 0 Å². The van der Waals surface area contributed by atoms with Crippen molar-refractivity contribution in [1.29, 1.82) is 0 Å². The number of ether oxygens (including phenoxy) is 1. The zero-order valence-electron chi connectivity index (χ0n) is 17.4. The molecule has 0 aliphatic carbocycles. The maximum Gasteiger partial charge on any atom is 0.272 e. The molecule has 0 saturated carbocycles. The highest BCUT2D eigenvalue weighted by Gasteiger charge is 2.24. The predicted molar refractivity (Wildman–Crippen MR) is 117 cm³/mol. The first-order chi connectivity index (χ1) is 15.0. The molecule has 1 saturated heterocycles. The summed E-state index contributed by atoms with van der Waals surface area (Å²) in [6.45, 7) is 1.79. The summed E-state index contributed by atoms with van der Waals surface area (Å²) in [5.41, 5.74) is 1.71. The molecule has 0 atom stereocenters. The van der Waals surface area contributed by atoms with Gasteiger partial charge in [0.1, 0.15) is 12.3 Å². The second-order valence-electron chi connectivity index (χ2n) is 7.51. The minimum atomic E-state index is -0.394. The molecule has 1 aliphatic heterocycles. The van der Waals surface area contributed by atoms with Crippen LogP contribution in [0.4, 0.5) is 17.2 Å². The van der Waals surface area contributed by atoms with Crippen molar-refractivity contribution in [3.63, 3.8) is 0 Å². The number of quaternary nitrogens is 1. The summed E-state index contributed by atoms with van der Waals surface area (Å²) in [4.78, 5) is 13.3. The van der Waals surface area contributed by atoms with Gasteiger partial charge >= 0.3 is 0 Å². The molecule has 0 bridgehead atoms. The Morgan fingerprint density at radius 3 is 2.69 bits per heavy atom. The number of rotatable bonds is 6. The third kappa shape index (κ3) is 5.02. The largest absolute Gasteiger partial charge is 1.00 e. The van der Waals surface area contributed by atoms with Crippen LogP contribution in [0.2, 0.25) is 5.02 Å². The van der Waals surface area contributed by atoms with Crippen LogP contribution in [-0.4, -0.2) is 46.5 Å². The quantitative estimate of drug-likeness (QED) is 0.363. The molecule has 3 N–H and O–H groups in total. The first-order valence-electron chi connectivity index (χ1n) is 9.98. The van der Waals surface area contributed by atoms with Crippen LogP contribution >= 0.6 is 11.6 Å². The maximum absolute atomic E-state index is 11.6. The van der Waals surface area contributed by atoms with E-state index in [4.69, 9.17) is 16.3 Å². The van der Waals surface area contributed by atoms with Crippen molar-refractivity contribution in [3.05, 3.63) is 57.2 Å². The number of nitrogens with zero attached hydrogens (tertiary/aromatic N) is 4. The molecule has 1 aromatic heterocycles. The molecule has 0 amide bonds. The number of anilines is 1. The van der Waals surface area contributed by atoms with Crippen molar-refractivity contribution in [2.24, 2.45) is 0 Å². The van der Waals surface area contributed by atoms with Crippen molar-refractivity contribution < 1.29 is 32.5 Å². The van der Waals surface area contributed by atoms with Gasteiger partial charge in [-0.05, 0) is 31.0 Å². The SMILES string of the molecule is COc1ccc(C[NH2+]c2nncc3c(N4CCC(O)CC4)cc([N+](=O)[O-])cc23)cc1Cl.[Cl-]. The molecule has 0 spiro atoms. The zero-order chi connectivity index (χ0) is 22.0. The van der Waals surface area contributed by atoms with Gasteiger partial charge in [0, 0.05) is 36.2 Å². The van der Waals surface area contributed by atoms with E-state index in [1.807, 2.05) is 17.4 Å². The smallest absolute Gasteiger partial charge is 0.272 e. The Morgan fingerprint density at radius 1 is 1.28 bits per heavy atom. The first-order valence-corrected chi connectivity index (χ1v) is 10.4. The minimum absolute atomic E-state index is 0. The lowest BCUT2D eigenvalue weighted by molar-refractivity contribution is -0.591. The van der Waals surface area contributed by atoms with Crippen LogP contribution in [0.15, 0.2) is 36.5 Å². The van der Waals surface area contributed by atoms with Gasteiger partial charge in [0.15, 0.2) is 0 Å². The number of aliphatic hydroxyl groups is 1. The van der Waals surface area contributed by atoms with Crippen molar-refractivity contribution in [3.8, 4) is 5.75 Å². The number of aliphatic hydroxyl groups excluding tert-OH is 1. The van der Waals surface area contributed by atoms with E-state index < -0.39 is 4.92 Å². The van der Waals surface area contributed by atoms with Gasteiger partial charge in [-0.15, -0.1) is 0 Å². The molecular formula is C21H23Cl2N5O4. The molecule has 3 aromatic rings. The van der Waals surface area contributed by atoms with E-state index in [-0.39, 0.29) is 24.2 Å². The molecule has 32 heavy (non-hydrogen) atoms. The number of methoxy groups -OCH3 is 1. The topological polar surface area (TPSA) is 118 Å². The molecule has 1 aliphatic rings. The normalized spacial score (nSPS) is 14.3. The molecule has 1 fully saturated rings. The monoisotopic (exact) mass is 479 g/mol. The van der Waals surface area contributed by atoms with Crippen LogP contribution in [0.1, 0.15) is 18.4 Å². The zero-order valence-corrected chi connectivity index (χ0v) is 18.9. The average molecular weight is 480 g/mol. The molecule has 0 unspecified atom stereocenters. The maximum atomic E-state index is 11.6. The molecule has 2 aromatic carbocycles. The third-order valence-corrected chi connectivity index (χ3v) is 5.83. The summed E-state index contributed by atoms with van der Waals surface area (Å²) in [5.74, 6) is 1.17. The standard InChI is InChI=1S/C21H22ClN5O4.ClH/c1-31-20-3-2-13(8-18(20)22)11-23-21-16-9-14(27(29)30)10-19(17(16)12-24-25-21)26-6-4-15(28)5-7-26;/h2-3,8-10,12,15,28H,4-7,11H2,1H3,(H,23,25);1H. The summed E-state index contributed by atoms with van der Waals surface area (Å²) >= 11 is 6.21. The van der Waals surface area contributed by atoms with E-state index in [0.29, 0.717) is 54.5 Å². The van der Waals surface area contributed by atoms with E-state index in [0.717, 1.165) is 16.6 Å². The van der Waals surface area contributed by atoms with E-state index >= 15 is 0 Å². The average Bonchev–Trinajstić information content (AvgIpc) is 2.77. The molecule has 2 heterocycles. The van der Waals surface area contributed by atoms with Crippen molar-refractivity contribution in [1.82, 2.24) is 10.2 Å². The molecule has 11 heteroatoms. The molecule has 4 rings (SSSR count). The fourth-order valence-corrected chi connectivity index (χ4v) is 4.13. The Kier molecular flexibility index (Phi) is 7.68. The fourth-order valence-electron chi connectivity index (χ4n) is 3.85. The highest BCUT2D eigenvalue weighted by Crippen LogP contribution is 2.34. The fraction of sp³-hybridized carbons (Fsp3) is 0.333. The minimum Gasteiger partial charge on any atom is -1.00 e. The highest BCUT2D eigenvalue weighted by atomic mass is 35.5. The van der Waals surface area contributed by atoms with E-state index in [1.54, 1.807) is 31.5 Å². The van der Waals surface area contributed by atoms with Gasteiger partial charge in [-0.1, -0.05) is 16.7 Å². The van der Waals surface area contributed by atoms with Gasteiger partial charge in [-0.25, -0.2) is 0 Å². The van der Waals surface area contributed by atoms with Gasteiger partial charge in [0.2, 0.25) is 0 Å². The number of fused-ring (bicyclic) bond motifs is 1. The number of non-ortho nitro benzene ring substituents is 1. The predicted octanol–water partition coefficient (Wildman–Crippen LogP) is -0.440. The number of benzene rings is 2. The number of piperidine rings is 1. The lowest BCUT2D eigenvalue weighted by atomic mass is 10.0. The van der Waals surface area contributed by atoms with Gasteiger partial charge in [-0.3, -0.25) is 15.4 Å². The lowest BCUT2D eigenvalue weighted by Gasteiger charge is -2.32. The van der Waals surface area contributed by atoms with Crippen LogP contribution in [0.25, 0.3) is 10.8 Å². The summed E-state index contributed by atoms with van der Waals surface area (Å²) in [6, 6.07) is 8.65. The van der Waals surface area contributed by atoms with Gasteiger partial charge in [0.25, 0.3) is 11.5 Å². The third-order valence-electron chi connectivity index (χ3n) is 5.53. The Bertz CT molecular complexity index is 1120. The Hall–Kier alpha value is -2.72. The number of halogens is 2. The summed E-state index contributed by atoms with van der Waals surface area (Å²) in [6.07, 6.45) is 2.56. The van der Waals surface area contributed by atoms with Gasteiger partial charge < -0.3 is 27.2 Å². The van der Waals surface area contributed by atoms with Crippen molar-refractivity contribution in [2.75, 3.05) is 25.1 Å². The molecule has 9 nitrogen and oxygen atoms in total. The first kappa shape index (κ1) is 23.9. The Labute approximate surface area is 195 Å². The second-order valence-corrected chi connectivity index (χ2v) is 7.92.